The molecule has 0 atom stereocenters. The largest absolute Gasteiger partial charge is 0.388 e. The predicted molar refractivity (Wildman–Crippen MR) is 88.1 cm³/mol. The zero-order valence-electron chi connectivity index (χ0n) is 12.6. The Kier molecular flexibility index (Phi) is 5.82. The quantitative estimate of drug-likeness (QED) is 0.851. The van der Waals surface area contributed by atoms with E-state index in [0.29, 0.717) is 13.0 Å². The number of hydrogen-bond acceptors (Lipinski definition) is 2. The lowest BCUT2D eigenvalue weighted by atomic mass is 9.78. The molecule has 1 aromatic carbocycles. The summed E-state index contributed by atoms with van der Waals surface area (Å²) >= 11 is 3.40. The molecule has 0 aromatic heterocycles. The van der Waals surface area contributed by atoms with Gasteiger partial charge in [-0.2, -0.15) is 0 Å². The molecule has 3 nitrogen and oxygen atoms in total. The number of aliphatic hydroxyl groups is 1. The van der Waals surface area contributed by atoms with Gasteiger partial charge in [-0.3, -0.25) is 4.79 Å². The molecular weight excluding hydrogens is 330 g/mol. The van der Waals surface area contributed by atoms with Crippen molar-refractivity contribution in [2.24, 2.45) is 5.92 Å². The van der Waals surface area contributed by atoms with Crippen LogP contribution in [0.1, 0.15) is 44.6 Å². The minimum atomic E-state index is -0.710. The number of hydrogen-bond donors (Lipinski definition) is 2. The van der Waals surface area contributed by atoms with Gasteiger partial charge < -0.3 is 10.4 Å². The zero-order chi connectivity index (χ0) is 15.3. The van der Waals surface area contributed by atoms with Crippen LogP contribution in [0.25, 0.3) is 0 Å². The van der Waals surface area contributed by atoms with E-state index < -0.39 is 5.60 Å². The van der Waals surface area contributed by atoms with Crippen molar-refractivity contribution in [3.05, 3.63) is 34.3 Å². The number of carbonyl (C=O) groups excluding carboxylic acids is 1. The molecule has 4 heteroatoms. The zero-order valence-corrected chi connectivity index (χ0v) is 14.2. The van der Waals surface area contributed by atoms with Gasteiger partial charge in [0.25, 0.3) is 0 Å². The fourth-order valence-corrected chi connectivity index (χ4v) is 3.40. The summed E-state index contributed by atoms with van der Waals surface area (Å²) in [6.07, 6.45) is 5.26. The molecule has 1 aliphatic carbocycles. The van der Waals surface area contributed by atoms with E-state index in [0.717, 1.165) is 41.6 Å². The molecule has 0 saturated heterocycles. The van der Waals surface area contributed by atoms with E-state index in [1.807, 2.05) is 24.3 Å². The summed E-state index contributed by atoms with van der Waals surface area (Å²) in [5.74, 6) is 0.710. The first-order valence-electron chi connectivity index (χ1n) is 7.74. The molecule has 21 heavy (non-hydrogen) atoms. The van der Waals surface area contributed by atoms with Crippen molar-refractivity contribution in [2.45, 2.75) is 51.0 Å². The van der Waals surface area contributed by atoms with Gasteiger partial charge in [0, 0.05) is 11.0 Å². The molecule has 1 aliphatic rings. The van der Waals surface area contributed by atoms with Crippen molar-refractivity contribution < 1.29 is 9.90 Å². The second kappa shape index (κ2) is 7.41. The van der Waals surface area contributed by atoms with E-state index in [1.54, 1.807) is 0 Å². The average molecular weight is 354 g/mol. The predicted octanol–water partition coefficient (Wildman–Crippen LogP) is 3.44. The third-order valence-electron chi connectivity index (χ3n) is 4.48. The molecule has 1 aromatic rings. The highest BCUT2D eigenvalue weighted by atomic mass is 79.9. The molecule has 2 N–H and O–H groups in total. The van der Waals surface area contributed by atoms with Gasteiger partial charge in [-0.25, -0.2) is 0 Å². The minimum absolute atomic E-state index is 0.0286. The Bertz CT molecular complexity index is 481. The number of nitrogens with one attached hydrogen (secondary N) is 1. The van der Waals surface area contributed by atoms with Crippen molar-refractivity contribution in [1.29, 1.82) is 0 Å². The first-order chi connectivity index (χ1) is 10.0. The van der Waals surface area contributed by atoms with E-state index in [-0.39, 0.29) is 5.91 Å². The minimum Gasteiger partial charge on any atom is -0.388 e. The van der Waals surface area contributed by atoms with Gasteiger partial charge in [0.05, 0.1) is 12.0 Å². The fraction of sp³-hybridized carbons (Fsp3) is 0.588. The second-order valence-corrected chi connectivity index (χ2v) is 7.08. The molecule has 1 fully saturated rings. The Morgan fingerprint density at radius 1 is 1.43 bits per heavy atom. The Morgan fingerprint density at radius 3 is 2.76 bits per heavy atom. The summed E-state index contributed by atoms with van der Waals surface area (Å²) in [6.45, 7) is 2.57. The number of amides is 1. The average Bonchev–Trinajstić information content (AvgIpc) is 2.46. The van der Waals surface area contributed by atoms with E-state index in [4.69, 9.17) is 0 Å². The fourth-order valence-electron chi connectivity index (χ4n) is 2.96. The van der Waals surface area contributed by atoms with Crippen LogP contribution in [0.5, 0.6) is 0 Å². The highest BCUT2D eigenvalue weighted by molar-refractivity contribution is 9.10. The molecule has 0 aliphatic heterocycles. The van der Waals surface area contributed by atoms with Crippen LogP contribution in [0, 0.1) is 5.92 Å². The van der Waals surface area contributed by atoms with Gasteiger partial charge in [-0.05, 0) is 49.3 Å². The normalized spacial score (nSPS) is 25.6. The maximum absolute atomic E-state index is 12.0. The molecule has 2 rings (SSSR count). The molecule has 116 valence electrons. The Morgan fingerprint density at radius 2 is 2.14 bits per heavy atom. The molecule has 0 spiro atoms. The smallest absolute Gasteiger partial charge is 0.224 e. The summed E-state index contributed by atoms with van der Waals surface area (Å²) in [6, 6.07) is 7.74. The first-order valence-corrected chi connectivity index (χ1v) is 8.53. The van der Waals surface area contributed by atoms with Crippen LogP contribution < -0.4 is 5.32 Å². The highest BCUT2D eigenvalue weighted by Gasteiger charge is 2.32. The van der Waals surface area contributed by atoms with Crippen LogP contribution in [0.2, 0.25) is 0 Å². The van der Waals surface area contributed by atoms with E-state index in [1.165, 1.54) is 6.42 Å². The molecule has 1 saturated carbocycles. The van der Waals surface area contributed by atoms with Crippen LogP contribution in [0.15, 0.2) is 28.7 Å². The number of benzene rings is 1. The topological polar surface area (TPSA) is 49.3 Å². The van der Waals surface area contributed by atoms with Gasteiger partial charge in [0.1, 0.15) is 0 Å². The lowest BCUT2D eigenvalue weighted by Crippen LogP contribution is -2.45. The van der Waals surface area contributed by atoms with Crippen LogP contribution in [-0.4, -0.2) is 23.2 Å². The van der Waals surface area contributed by atoms with Crippen molar-refractivity contribution in [3.8, 4) is 0 Å². The van der Waals surface area contributed by atoms with E-state index in [2.05, 4.69) is 28.2 Å². The molecule has 1 amide bonds. The summed E-state index contributed by atoms with van der Waals surface area (Å²) < 4.78 is 0.976. The SMILES string of the molecule is CCC1CCC(O)(CNC(=O)Cc2cccc(Br)c2)CC1. The molecule has 0 radical (unpaired) electrons. The third-order valence-corrected chi connectivity index (χ3v) is 4.97. The summed E-state index contributed by atoms with van der Waals surface area (Å²) in [5, 5.41) is 13.4. The molecule has 0 unspecified atom stereocenters. The number of carbonyl (C=O) groups is 1. The summed E-state index contributed by atoms with van der Waals surface area (Å²) in [7, 11) is 0. The first kappa shape index (κ1) is 16.5. The summed E-state index contributed by atoms with van der Waals surface area (Å²) in [4.78, 5) is 12.0. The molecule has 0 heterocycles. The maximum Gasteiger partial charge on any atom is 0.224 e. The van der Waals surface area contributed by atoms with Crippen molar-refractivity contribution in [1.82, 2.24) is 5.32 Å². The second-order valence-electron chi connectivity index (χ2n) is 6.16. The van der Waals surface area contributed by atoms with Gasteiger partial charge >= 0.3 is 0 Å². The van der Waals surface area contributed by atoms with Crippen LogP contribution in [0.3, 0.4) is 0 Å². The lowest BCUT2D eigenvalue weighted by molar-refractivity contribution is -0.122. The van der Waals surface area contributed by atoms with Crippen LogP contribution >= 0.6 is 15.9 Å². The lowest BCUT2D eigenvalue weighted by Gasteiger charge is -2.35. The summed E-state index contributed by atoms with van der Waals surface area (Å²) in [5.41, 5.74) is 0.266. The molecule has 0 bridgehead atoms. The third kappa shape index (κ3) is 5.11. The van der Waals surface area contributed by atoms with E-state index >= 15 is 0 Å². The Labute approximate surface area is 135 Å². The maximum atomic E-state index is 12.0. The molecular formula is C17H24BrNO2. The van der Waals surface area contributed by atoms with Crippen LogP contribution in [0.4, 0.5) is 0 Å². The van der Waals surface area contributed by atoms with Gasteiger partial charge in [-0.1, -0.05) is 41.4 Å². The van der Waals surface area contributed by atoms with Crippen LogP contribution in [-0.2, 0) is 11.2 Å². The monoisotopic (exact) mass is 353 g/mol. The van der Waals surface area contributed by atoms with Gasteiger partial charge in [0.2, 0.25) is 5.91 Å². The van der Waals surface area contributed by atoms with Crippen molar-refractivity contribution >= 4 is 21.8 Å². The Hall–Kier alpha value is -0.870. The van der Waals surface area contributed by atoms with Crippen molar-refractivity contribution in [3.63, 3.8) is 0 Å². The number of halogens is 1. The Balaban J connectivity index is 1.78. The van der Waals surface area contributed by atoms with E-state index in [9.17, 15) is 9.90 Å². The standard InChI is InChI=1S/C17H24BrNO2/c1-2-13-6-8-17(21,9-7-13)12-19-16(20)11-14-4-3-5-15(18)10-14/h3-5,10,13,21H,2,6-9,11-12H2,1H3,(H,19,20). The highest BCUT2D eigenvalue weighted by Crippen LogP contribution is 2.33. The van der Waals surface area contributed by atoms with Gasteiger partial charge in [0.15, 0.2) is 0 Å². The number of rotatable bonds is 5. The van der Waals surface area contributed by atoms with Crippen molar-refractivity contribution in [2.75, 3.05) is 6.54 Å². The van der Waals surface area contributed by atoms with Gasteiger partial charge in [-0.15, -0.1) is 0 Å².